The predicted molar refractivity (Wildman–Crippen MR) is 144 cm³/mol. The van der Waals surface area contributed by atoms with E-state index in [1.54, 1.807) is 42.5 Å². The highest BCUT2D eigenvalue weighted by atomic mass is 19.1. The number of benzene rings is 3. The number of halogens is 1. The Morgan fingerprint density at radius 3 is 2.30 bits per heavy atom. The predicted octanol–water partition coefficient (Wildman–Crippen LogP) is 3.33. The van der Waals surface area contributed by atoms with Crippen LogP contribution in [0.25, 0.3) is 0 Å². The van der Waals surface area contributed by atoms with Crippen molar-refractivity contribution in [1.29, 1.82) is 0 Å². The summed E-state index contributed by atoms with van der Waals surface area (Å²) in [6.07, 6.45) is -1.80. The molecule has 3 aromatic carbocycles. The first kappa shape index (κ1) is 28.3. The Morgan fingerprint density at radius 1 is 1.00 bits per heavy atom. The van der Waals surface area contributed by atoms with E-state index in [9.17, 15) is 28.7 Å². The maximum Gasteiger partial charge on any atom is 0.305 e. The third-order valence-corrected chi connectivity index (χ3v) is 6.73. The van der Waals surface area contributed by atoms with Gasteiger partial charge in [-0.25, -0.2) is 4.39 Å². The molecule has 1 heterocycles. The van der Waals surface area contributed by atoms with Gasteiger partial charge in [-0.05, 0) is 54.4 Å². The van der Waals surface area contributed by atoms with Gasteiger partial charge in [0.1, 0.15) is 11.6 Å². The summed E-state index contributed by atoms with van der Waals surface area (Å²) in [4.78, 5) is 55.0. The first-order chi connectivity index (χ1) is 19.2. The van der Waals surface area contributed by atoms with Gasteiger partial charge >= 0.3 is 5.97 Å². The first-order valence-electron chi connectivity index (χ1n) is 12.7. The summed E-state index contributed by atoms with van der Waals surface area (Å²) < 4.78 is 18.7. The maximum absolute atomic E-state index is 13.8. The fourth-order valence-corrected chi connectivity index (χ4v) is 4.72. The number of ether oxygens (including phenoxy) is 1. The number of carbonyl (C=O) groups is 4. The van der Waals surface area contributed by atoms with Crippen molar-refractivity contribution in [3.05, 3.63) is 101 Å². The summed E-state index contributed by atoms with van der Waals surface area (Å²) in [6, 6.07) is 18.0. The molecule has 1 aliphatic heterocycles. The topological polar surface area (TPSA) is 116 Å². The standard InChI is InChI=1S/C30H30FN3O6/c1-19-4-3-5-22(16-19)30(39)34-15-14-33(26(35)17-20-6-12-24(40-2)13-7-20)29(34)28(38)32-25(18-27(36)37)21-8-10-23(31)11-9-21/h3-13,16,25,29H,14-15,17-18H2,1-2H3,(H,32,38)(H,36,37). The number of hydrogen-bond donors (Lipinski definition) is 2. The van der Waals surface area contributed by atoms with Crippen LogP contribution in [0.4, 0.5) is 4.39 Å². The van der Waals surface area contributed by atoms with E-state index in [1.165, 1.54) is 41.2 Å². The van der Waals surface area contributed by atoms with Crippen LogP contribution in [0.2, 0.25) is 0 Å². The quantitative estimate of drug-likeness (QED) is 0.425. The molecule has 1 saturated heterocycles. The van der Waals surface area contributed by atoms with Crippen LogP contribution in [0.3, 0.4) is 0 Å². The van der Waals surface area contributed by atoms with Gasteiger partial charge in [0.25, 0.3) is 11.8 Å². The number of aryl methyl sites for hydroxylation is 1. The van der Waals surface area contributed by atoms with Crippen LogP contribution >= 0.6 is 0 Å². The fourth-order valence-electron chi connectivity index (χ4n) is 4.72. The van der Waals surface area contributed by atoms with Gasteiger partial charge in [-0.2, -0.15) is 0 Å². The Morgan fingerprint density at radius 2 is 1.68 bits per heavy atom. The minimum Gasteiger partial charge on any atom is -0.497 e. The molecular weight excluding hydrogens is 517 g/mol. The van der Waals surface area contributed by atoms with Crippen LogP contribution in [0.5, 0.6) is 5.75 Å². The highest BCUT2D eigenvalue weighted by molar-refractivity contribution is 5.99. The molecule has 0 aliphatic carbocycles. The average molecular weight is 548 g/mol. The lowest BCUT2D eigenvalue weighted by Gasteiger charge is -2.31. The zero-order valence-corrected chi connectivity index (χ0v) is 22.2. The average Bonchev–Trinajstić information content (AvgIpc) is 3.38. The molecule has 2 atom stereocenters. The Labute approximate surface area is 231 Å². The number of rotatable bonds is 9. The van der Waals surface area contributed by atoms with E-state index in [4.69, 9.17) is 4.74 Å². The Bertz CT molecular complexity index is 1390. The Kier molecular flexibility index (Phi) is 8.78. The highest BCUT2D eigenvalue weighted by Gasteiger charge is 2.43. The minimum absolute atomic E-state index is 0.0171. The highest BCUT2D eigenvalue weighted by Crippen LogP contribution is 2.24. The molecule has 4 rings (SSSR count). The third kappa shape index (κ3) is 6.63. The smallest absolute Gasteiger partial charge is 0.305 e. The summed E-state index contributed by atoms with van der Waals surface area (Å²) in [5.41, 5.74) is 2.30. The van der Waals surface area contributed by atoms with Crippen molar-refractivity contribution in [2.75, 3.05) is 20.2 Å². The molecule has 10 heteroatoms. The van der Waals surface area contributed by atoms with Crippen LogP contribution in [0.15, 0.2) is 72.8 Å². The second-order valence-electron chi connectivity index (χ2n) is 9.56. The number of aliphatic carboxylic acids is 1. The van der Waals surface area contributed by atoms with Crippen molar-refractivity contribution in [2.45, 2.75) is 32.0 Å². The van der Waals surface area contributed by atoms with Crippen LogP contribution in [-0.4, -0.2) is 65.0 Å². The number of carboxylic acids is 1. The molecule has 40 heavy (non-hydrogen) atoms. The number of carboxylic acid groups (broad SMARTS) is 1. The number of nitrogens with one attached hydrogen (secondary N) is 1. The number of carbonyl (C=O) groups excluding carboxylic acids is 3. The molecule has 3 aromatic rings. The molecule has 0 bridgehead atoms. The lowest BCUT2D eigenvalue weighted by Crippen LogP contribution is -2.54. The van der Waals surface area contributed by atoms with E-state index in [0.717, 1.165) is 5.56 Å². The summed E-state index contributed by atoms with van der Waals surface area (Å²) in [5.74, 6) is -2.57. The molecule has 0 radical (unpaired) electrons. The number of nitrogens with zero attached hydrogens (tertiary/aromatic N) is 2. The molecule has 2 unspecified atom stereocenters. The second kappa shape index (κ2) is 12.4. The fraction of sp³-hybridized carbons (Fsp3) is 0.267. The normalized spacial score (nSPS) is 15.4. The summed E-state index contributed by atoms with van der Waals surface area (Å²) in [5, 5.41) is 12.2. The molecule has 0 spiro atoms. The van der Waals surface area contributed by atoms with Gasteiger partial charge in [0.15, 0.2) is 6.17 Å². The van der Waals surface area contributed by atoms with Crippen molar-refractivity contribution in [3.63, 3.8) is 0 Å². The number of methoxy groups -OCH3 is 1. The molecule has 1 aliphatic rings. The van der Waals surface area contributed by atoms with Crippen molar-refractivity contribution >= 4 is 23.7 Å². The summed E-state index contributed by atoms with van der Waals surface area (Å²) >= 11 is 0. The van der Waals surface area contributed by atoms with Gasteiger partial charge in [-0.3, -0.25) is 19.2 Å². The molecule has 1 fully saturated rings. The molecule has 208 valence electrons. The largest absolute Gasteiger partial charge is 0.497 e. The molecular formula is C30H30FN3O6. The van der Waals surface area contributed by atoms with Crippen LogP contribution in [0.1, 0.15) is 39.5 Å². The summed E-state index contributed by atoms with van der Waals surface area (Å²) in [7, 11) is 1.54. The zero-order valence-electron chi connectivity index (χ0n) is 22.2. The molecule has 9 nitrogen and oxygen atoms in total. The van der Waals surface area contributed by atoms with Crippen molar-refractivity contribution in [3.8, 4) is 5.75 Å². The Balaban J connectivity index is 1.63. The van der Waals surface area contributed by atoms with E-state index in [1.807, 2.05) is 13.0 Å². The number of hydrogen-bond acceptors (Lipinski definition) is 5. The van der Waals surface area contributed by atoms with Gasteiger partial charge in [0.2, 0.25) is 5.91 Å². The van der Waals surface area contributed by atoms with Gasteiger partial charge in [0.05, 0.1) is 26.0 Å². The van der Waals surface area contributed by atoms with Gasteiger partial charge in [0, 0.05) is 18.7 Å². The first-order valence-corrected chi connectivity index (χ1v) is 12.7. The van der Waals surface area contributed by atoms with Crippen molar-refractivity contribution in [1.82, 2.24) is 15.1 Å². The van der Waals surface area contributed by atoms with Crippen molar-refractivity contribution in [2.24, 2.45) is 0 Å². The van der Waals surface area contributed by atoms with E-state index >= 15 is 0 Å². The Hall–Kier alpha value is -4.73. The van der Waals surface area contributed by atoms with Crippen LogP contribution in [0, 0.1) is 12.7 Å². The van der Waals surface area contributed by atoms with Crippen molar-refractivity contribution < 1.29 is 33.4 Å². The van der Waals surface area contributed by atoms with Crippen LogP contribution in [-0.2, 0) is 20.8 Å². The van der Waals surface area contributed by atoms with Crippen LogP contribution < -0.4 is 10.1 Å². The zero-order chi connectivity index (χ0) is 28.8. The van der Waals surface area contributed by atoms with Gasteiger partial charge in [-0.1, -0.05) is 42.0 Å². The van der Waals surface area contributed by atoms with E-state index in [0.29, 0.717) is 22.4 Å². The lowest BCUT2D eigenvalue weighted by atomic mass is 10.0. The second-order valence-corrected chi connectivity index (χ2v) is 9.56. The van der Waals surface area contributed by atoms with Gasteiger partial charge in [-0.15, -0.1) is 0 Å². The molecule has 3 amide bonds. The van der Waals surface area contributed by atoms with E-state index in [2.05, 4.69) is 5.32 Å². The monoisotopic (exact) mass is 547 g/mol. The molecule has 0 aromatic heterocycles. The third-order valence-electron chi connectivity index (χ3n) is 6.73. The lowest BCUT2D eigenvalue weighted by molar-refractivity contribution is -0.142. The van der Waals surface area contributed by atoms with E-state index in [-0.39, 0.29) is 25.4 Å². The van der Waals surface area contributed by atoms with E-state index < -0.39 is 42.2 Å². The molecule has 0 saturated carbocycles. The minimum atomic E-state index is -1.31. The molecule has 2 N–H and O–H groups in total. The summed E-state index contributed by atoms with van der Waals surface area (Å²) in [6.45, 7) is 2.07. The number of amides is 3. The van der Waals surface area contributed by atoms with Gasteiger partial charge < -0.3 is 25.0 Å². The SMILES string of the molecule is COc1ccc(CC(=O)N2CCN(C(=O)c3cccc(C)c3)C2C(=O)NC(CC(=O)O)c2ccc(F)cc2)cc1. The maximum atomic E-state index is 13.8.